The van der Waals surface area contributed by atoms with Gasteiger partial charge in [0.05, 0.1) is 5.41 Å². The van der Waals surface area contributed by atoms with Crippen LogP contribution in [0.2, 0.25) is 0 Å². The number of aliphatic carboxylic acids is 1. The molecule has 0 radical (unpaired) electrons. The van der Waals surface area contributed by atoms with Gasteiger partial charge in [0, 0.05) is 32.0 Å². The average Bonchev–Trinajstić information content (AvgIpc) is 2.48. The zero-order chi connectivity index (χ0) is 15.3. The maximum atomic E-state index is 12.1. The SMILES string of the molecule is CC1(C(=O)O)CCCN(C(=O)NCCc2ccncc2)C1. The van der Waals surface area contributed by atoms with Crippen molar-refractivity contribution in [3.63, 3.8) is 0 Å². The number of nitrogens with one attached hydrogen (secondary N) is 1. The molecule has 1 unspecified atom stereocenters. The number of rotatable bonds is 4. The van der Waals surface area contributed by atoms with Crippen LogP contribution in [0.25, 0.3) is 0 Å². The van der Waals surface area contributed by atoms with E-state index in [0.29, 0.717) is 19.5 Å². The van der Waals surface area contributed by atoms with Gasteiger partial charge in [0.1, 0.15) is 0 Å². The fourth-order valence-electron chi connectivity index (χ4n) is 2.56. The molecule has 2 amide bonds. The molecule has 2 heterocycles. The molecule has 0 spiro atoms. The lowest BCUT2D eigenvalue weighted by Gasteiger charge is -2.37. The van der Waals surface area contributed by atoms with Crippen LogP contribution in [0.4, 0.5) is 4.79 Å². The molecule has 114 valence electrons. The van der Waals surface area contributed by atoms with Crippen molar-refractivity contribution in [2.24, 2.45) is 5.41 Å². The summed E-state index contributed by atoms with van der Waals surface area (Å²) in [4.78, 5) is 28.9. The molecule has 21 heavy (non-hydrogen) atoms. The summed E-state index contributed by atoms with van der Waals surface area (Å²) in [7, 11) is 0. The van der Waals surface area contributed by atoms with Crippen LogP contribution in [-0.2, 0) is 11.2 Å². The highest BCUT2D eigenvalue weighted by molar-refractivity contribution is 5.78. The van der Waals surface area contributed by atoms with Crippen molar-refractivity contribution in [3.8, 4) is 0 Å². The van der Waals surface area contributed by atoms with Crippen LogP contribution >= 0.6 is 0 Å². The van der Waals surface area contributed by atoms with Gasteiger partial charge in [-0.2, -0.15) is 0 Å². The van der Waals surface area contributed by atoms with Gasteiger partial charge in [0.25, 0.3) is 0 Å². The Morgan fingerprint density at radius 3 is 2.81 bits per heavy atom. The lowest BCUT2D eigenvalue weighted by molar-refractivity contribution is -0.150. The molecule has 1 fully saturated rings. The second-order valence-corrected chi connectivity index (χ2v) is 5.73. The number of hydrogen-bond donors (Lipinski definition) is 2. The van der Waals surface area contributed by atoms with E-state index in [1.807, 2.05) is 12.1 Å². The van der Waals surface area contributed by atoms with E-state index in [2.05, 4.69) is 10.3 Å². The summed E-state index contributed by atoms with van der Waals surface area (Å²) in [6.07, 6.45) is 5.52. The molecule has 0 aliphatic carbocycles. The molecule has 0 bridgehead atoms. The van der Waals surface area contributed by atoms with Gasteiger partial charge in [-0.05, 0) is 43.9 Å². The summed E-state index contributed by atoms with van der Waals surface area (Å²) in [6, 6.07) is 3.64. The molecular formula is C15H21N3O3. The lowest BCUT2D eigenvalue weighted by atomic mass is 9.82. The number of urea groups is 1. The van der Waals surface area contributed by atoms with E-state index >= 15 is 0 Å². The fraction of sp³-hybridized carbons (Fsp3) is 0.533. The zero-order valence-electron chi connectivity index (χ0n) is 12.2. The summed E-state index contributed by atoms with van der Waals surface area (Å²) in [6.45, 7) is 3.11. The first kappa shape index (κ1) is 15.3. The summed E-state index contributed by atoms with van der Waals surface area (Å²) in [5.41, 5.74) is 0.278. The standard InChI is InChI=1S/C15H21N3O3/c1-15(13(19)20)6-2-10-18(11-15)14(21)17-9-5-12-3-7-16-8-4-12/h3-4,7-8H,2,5-6,9-11H2,1H3,(H,17,21)(H,19,20). The Balaban J connectivity index is 1.82. The van der Waals surface area contributed by atoms with Crippen molar-refractivity contribution in [2.75, 3.05) is 19.6 Å². The molecule has 1 aromatic heterocycles. The molecule has 0 saturated carbocycles. The number of likely N-dealkylation sites (tertiary alicyclic amines) is 1. The second-order valence-electron chi connectivity index (χ2n) is 5.73. The number of carboxylic acids is 1. The number of piperidine rings is 1. The molecular weight excluding hydrogens is 270 g/mol. The summed E-state index contributed by atoms with van der Waals surface area (Å²) >= 11 is 0. The smallest absolute Gasteiger partial charge is 0.317 e. The minimum atomic E-state index is -0.836. The Bertz CT molecular complexity index is 506. The Morgan fingerprint density at radius 1 is 1.43 bits per heavy atom. The average molecular weight is 291 g/mol. The second kappa shape index (κ2) is 6.56. The molecule has 6 heteroatoms. The molecule has 1 aliphatic heterocycles. The van der Waals surface area contributed by atoms with Gasteiger partial charge in [-0.25, -0.2) is 4.79 Å². The minimum absolute atomic E-state index is 0.184. The van der Waals surface area contributed by atoms with Gasteiger partial charge < -0.3 is 15.3 Å². The first-order chi connectivity index (χ1) is 10.0. The summed E-state index contributed by atoms with van der Waals surface area (Å²) in [5.74, 6) is -0.836. The predicted molar refractivity (Wildman–Crippen MR) is 77.9 cm³/mol. The highest BCUT2D eigenvalue weighted by Gasteiger charge is 2.39. The highest BCUT2D eigenvalue weighted by atomic mass is 16.4. The Kier molecular flexibility index (Phi) is 4.77. The number of hydrogen-bond acceptors (Lipinski definition) is 3. The van der Waals surface area contributed by atoms with E-state index in [4.69, 9.17) is 0 Å². The molecule has 1 aromatic rings. The minimum Gasteiger partial charge on any atom is -0.481 e. The fourth-order valence-corrected chi connectivity index (χ4v) is 2.56. The third kappa shape index (κ3) is 3.93. The molecule has 1 saturated heterocycles. The van der Waals surface area contributed by atoms with Gasteiger partial charge in [0.15, 0.2) is 0 Å². The topological polar surface area (TPSA) is 82.5 Å². The third-order valence-electron chi connectivity index (χ3n) is 3.94. The molecule has 6 nitrogen and oxygen atoms in total. The molecule has 0 aromatic carbocycles. The van der Waals surface area contributed by atoms with Crippen LogP contribution in [0.3, 0.4) is 0 Å². The van der Waals surface area contributed by atoms with E-state index in [9.17, 15) is 14.7 Å². The zero-order valence-corrected chi connectivity index (χ0v) is 12.2. The van der Waals surface area contributed by atoms with Gasteiger partial charge in [0.2, 0.25) is 0 Å². The van der Waals surface area contributed by atoms with Gasteiger partial charge in [-0.1, -0.05) is 0 Å². The van der Waals surface area contributed by atoms with Crippen molar-refractivity contribution in [2.45, 2.75) is 26.2 Å². The molecule has 2 N–H and O–H groups in total. The first-order valence-electron chi connectivity index (χ1n) is 7.16. The van der Waals surface area contributed by atoms with Gasteiger partial charge in [-0.3, -0.25) is 9.78 Å². The van der Waals surface area contributed by atoms with Gasteiger partial charge in [-0.15, -0.1) is 0 Å². The number of amides is 2. The number of pyridine rings is 1. The van der Waals surface area contributed by atoms with Crippen molar-refractivity contribution in [1.29, 1.82) is 0 Å². The highest BCUT2D eigenvalue weighted by Crippen LogP contribution is 2.29. The van der Waals surface area contributed by atoms with Crippen LogP contribution in [0, 0.1) is 5.41 Å². The normalized spacial score (nSPS) is 21.9. The predicted octanol–water partition coefficient (Wildman–Crippen LogP) is 1.52. The number of aromatic nitrogens is 1. The van der Waals surface area contributed by atoms with E-state index in [1.165, 1.54) is 0 Å². The number of carbonyl (C=O) groups excluding carboxylic acids is 1. The van der Waals surface area contributed by atoms with Crippen LogP contribution in [-0.4, -0.2) is 46.6 Å². The van der Waals surface area contributed by atoms with E-state index in [-0.39, 0.29) is 12.6 Å². The molecule has 1 atom stereocenters. The monoisotopic (exact) mass is 291 g/mol. The quantitative estimate of drug-likeness (QED) is 0.881. The number of carboxylic acid groups (broad SMARTS) is 1. The van der Waals surface area contributed by atoms with E-state index in [1.54, 1.807) is 24.2 Å². The van der Waals surface area contributed by atoms with Crippen LogP contribution in [0.15, 0.2) is 24.5 Å². The molecule has 1 aliphatic rings. The lowest BCUT2D eigenvalue weighted by Crippen LogP contribution is -2.51. The van der Waals surface area contributed by atoms with E-state index in [0.717, 1.165) is 18.4 Å². The van der Waals surface area contributed by atoms with Crippen LogP contribution in [0.1, 0.15) is 25.3 Å². The Morgan fingerprint density at radius 2 is 2.14 bits per heavy atom. The molecule has 2 rings (SSSR count). The van der Waals surface area contributed by atoms with Crippen molar-refractivity contribution >= 4 is 12.0 Å². The third-order valence-corrected chi connectivity index (χ3v) is 3.94. The van der Waals surface area contributed by atoms with Crippen molar-refractivity contribution in [3.05, 3.63) is 30.1 Å². The van der Waals surface area contributed by atoms with Crippen molar-refractivity contribution in [1.82, 2.24) is 15.2 Å². The van der Waals surface area contributed by atoms with Crippen molar-refractivity contribution < 1.29 is 14.7 Å². The van der Waals surface area contributed by atoms with E-state index < -0.39 is 11.4 Å². The Hall–Kier alpha value is -2.11. The van der Waals surface area contributed by atoms with Crippen LogP contribution in [0.5, 0.6) is 0 Å². The van der Waals surface area contributed by atoms with Gasteiger partial charge >= 0.3 is 12.0 Å². The maximum absolute atomic E-state index is 12.1. The Labute approximate surface area is 124 Å². The number of nitrogens with zero attached hydrogens (tertiary/aromatic N) is 2. The maximum Gasteiger partial charge on any atom is 0.317 e. The first-order valence-corrected chi connectivity index (χ1v) is 7.16. The van der Waals surface area contributed by atoms with Crippen LogP contribution < -0.4 is 5.32 Å². The largest absolute Gasteiger partial charge is 0.481 e. The summed E-state index contributed by atoms with van der Waals surface area (Å²) in [5, 5.41) is 12.1. The summed E-state index contributed by atoms with van der Waals surface area (Å²) < 4.78 is 0. The number of carbonyl (C=O) groups is 2.